The standard InChI is InChI=1S/C21H26O2/c1-3-4-5-9-12-19-15-20(13-14-21(19)17(2)22)23-16-18-10-7-6-8-11-18/h6-8,10-11,13-15H,3-5,9,12,16H2,1-2H3. The summed E-state index contributed by atoms with van der Waals surface area (Å²) in [5.41, 5.74) is 3.08. The van der Waals surface area contributed by atoms with E-state index in [4.69, 9.17) is 4.74 Å². The van der Waals surface area contributed by atoms with Crippen molar-refractivity contribution in [3.05, 3.63) is 65.2 Å². The lowest BCUT2D eigenvalue weighted by atomic mass is 9.98. The van der Waals surface area contributed by atoms with Gasteiger partial charge in [-0.05, 0) is 49.1 Å². The molecule has 0 amide bonds. The van der Waals surface area contributed by atoms with Crippen molar-refractivity contribution >= 4 is 5.78 Å². The molecule has 0 spiro atoms. The van der Waals surface area contributed by atoms with Crippen LogP contribution in [-0.2, 0) is 13.0 Å². The Hall–Kier alpha value is -2.09. The van der Waals surface area contributed by atoms with Crippen molar-refractivity contribution in [2.75, 3.05) is 0 Å². The maximum atomic E-state index is 11.8. The molecule has 0 atom stereocenters. The third-order valence-electron chi connectivity index (χ3n) is 4.00. The van der Waals surface area contributed by atoms with Gasteiger partial charge in [0.15, 0.2) is 5.78 Å². The second-order valence-electron chi connectivity index (χ2n) is 5.96. The zero-order valence-corrected chi connectivity index (χ0v) is 14.2. The first-order chi connectivity index (χ1) is 11.2. The van der Waals surface area contributed by atoms with Gasteiger partial charge >= 0.3 is 0 Å². The van der Waals surface area contributed by atoms with Crippen LogP contribution in [0.4, 0.5) is 0 Å². The lowest BCUT2D eigenvalue weighted by Crippen LogP contribution is -2.02. The van der Waals surface area contributed by atoms with Crippen LogP contribution >= 0.6 is 0 Å². The summed E-state index contributed by atoms with van der Waals surface area (Å²) in [5.74, 6) is 0.967. The van der Waals surface area contributed by atoms with Crippen LogP contribution in [0.25, 0.3) is 0 Å². The van der Waals surface area contributed by atoms with E-state index in [9.17, 15) is 4.79 Å². The van der Waals surface area contributed by atoms with Gasteiger partial charge in [0.05, 0.1) is 0 Å². The van der Waals surface area contributed by atoms with Crippen LogP contribution in [0.3, 0.4) is 0 Å². The molecule has 2 aromatic rings. The summed E-state index contributed by atoms with van der Waals surface area (Å²) in [7, 11) is 0. The van der Waals surface area contributed by atoms with Crippen LogP contribution in [0.5, 0.6) is 5.75 Å². The van der Waals surface area contributed by atoms with Crippen molar-refractivity contribution in [3.63, 3.8) is 0 Å². The van der Waals surface area contributed by atoms with Crippen LogP contribution < -0.4 is 4.74 Å². The Labute approximate surface area is 139 Å². The lowest BCUT2D eigenvalue weighted by molar-refractivity contribution is 0.101. The number of ether oxygens (including phenoxy) is 1. The summed E-state index contributed by atoms with van der Waals surface area (Å²) in [4.78, 5) is 11.8. The topological polar surface area (TPSA) is 26.3 Å². The number of unbranched alkanes of at least 4 members (excludes halogenated alkanes) is 3. The van der Waals surface area contributed by atoms with E-state index in [1.807, 2.05) is 36.4 Å². The normalized spacial score (nSPS) is 10.5. The highest BCUT2D eigenvalue weighted by molar-refractivity contribution is 5.95. The zero-order chi connectivity index (χ0) is 16.5. The minimum absolute atomic E-state index is 0.130. The molecule has 0 aliphatic rings. The van der Waals surface area contributed by atoms with Crippen LogP contribution in [0.1, 0.15) is 61.0 Å². The van der Waals surface area contributed by atoms with Gasteiger partial charge in [-0.25, -0.2) is 0 Å². The highest BCUT2D eigenvalue weighted by Gasteiger charge is 2.09. The quantitative estimate of drug-likeness (QED) is 0.445. The Morgan fingerprint density at radius 2 is 1.78 bits per heavy atom. The predicted octanol–water partition coefficient (Wildman–Crippen LogP) is 5.59. The van der Waals surface area contributed by atoms with Gasteiger partial charge in [0.1, 0.15) is 12.4 Å². The predicted molar refractivity (Wildman–Crippen MR) is 95.1 cm³/mol. The number of benzene rings is 2. The average molecular weight is 310 g/mol. The van der Waals surface area contributed by atoms with Crippen LogP contribution in [0, 0.1) is 0 Å². The van der Waals surface area contributed by atoms with E-state index in [2.05, 4.69) is 19.1 Å². The smallest absolute Gasteiger partial charge is 0.160 e. The Kier molecular flexibility index (Phi) is 6.86. The molecule has 0 bridgehead atoms. The fourth-order valence-corrected chi connectivity index (χ4v) is 2.69. The van der Waals surface area contributed by atoms with E-state index in [1.54, 1.807) is 6.92 Å². The highest BCUT2D eigenvalue weighted by atomic mass is 16.5. The Bertz CT molecular complexity index is 617. The summed E-state index contributed by atoms with van der Waals surface area (Å²) in [6, 6.07) is 16.0. The Morgan fingerprint density at radius 1 is 1.00 bits per heavy atom. The molecule has 2 aromatic carbocycles. The van der Waals surface area contributed by atoms with Gasteiger partial charge in [-0.15, -0.1) is 0 Å². The Morgan fingerprint density at radius 3 is 2.48 bits per heavy atom. The molecule has 0 saturated carbocycles. The molecule has 0 aliphatic heterocycles. The van der Waals surface area contributed by atoms with Crippen molar-refractivity contribution in [2.24, 2.45) is 0 Å². The van der Waals surface area contributed by atoms with Gasteiger partial charge in [-0.1, -0.05) is 56.5 Å². The first kappa shape index (κ1) is 17.3. The number of aryl methyl sites for hydroxylation is 1. The highest BCUT2D eigenvalue weighted by Crippen LogP contribution is 2.22. The molecule has 0 unspecified atom stereocenters. The van der Waals surface area contributed by atoms with Crippen LogP contribution in [-0.4, -0.2) is 5.78 Å². The largest absolute Gasteiger partial charge is 0.489 e. The van der Waals surface area contributed by atoms with E-state index in [0.29, 0.717) is 6.61 Å². The zero-order valence-electron chi connectivity index (χ0n) is 14.2. The van der Waals surface area contributed by atoms with E-state index in [-0.39, 0.29) is 5.78 Å². The average Bonchev–Trinajstić information content (AvgIpc) is 2.58. The molecule has 122 valence electrons. The molecule has 0 saturated heterocycles. The molecule has 0 aliphatic carbocycles. The van der Waals surface area contributed by atoms with Crippen LogP contribution in [0.15, 0.2) is 48.5 Å². The second kappa shape index (κ2) is 9.14. The fraction of sp³-hybridized carbons (Fsp3) is 0.381. The number of rotatable bonds is 9. The molecule has 0 heterocycles. The summed E-state index contributed by atoms with van der Waals surface area (Å²) < 4.78 is 5.88. The molecule has 0 radical (unpaired) electrons. The van der Waals surface area contributed by atoms with Crippen molar-refractivity contribution in [1.29, 1.82) is 0 Å². The number of hydrogen-bond donors (Lipinski definition) is 0. The number of hydrogen-bond acceptors (Lipinski definition) is 2. The molecule has 2 heteroatoms. The van der Waals surface area contributed by atoms with Gasteiger partial charge in [-0.3, -0.25) is 4.79 Å². The third-order valence-corrected chi connectivity index (χ3v) is 4.00. The minimum Gasteiger partial charge on any atom is -0.489 e. The van der Waals surface area contributed by atoms with Gasteiger partial charge < -0.3 is 4.74 Å². The monoisotopic (exact) mass is 310 g/mol. The van der Waals surface area contributed by atoms with E-state index in [0.717, 1.165) is 35.3 Å². The van der Waals surface area contributed by atoms with Gasteiger partial charge in [0.25, 0.3) is 0 Å². The maximum absolute atomic E-state index is 11.8. The number of ketones is 1. The first-order valence-corrected chi connectivity index (χ1v) is 8.51. The summed E-state index contributed by atoms with van der Waals surface area (Å²) >= 11 is 0. The summed E-state index contributed by atoms with van der Waals surface area (Å²) in [5, 5.41) is 0. The van der Waals surface area contributed by atoms with Crippen molar-refractivity contribution in [3.8, 4) is 5.75 Å². The summed E-state index contributed by atoms with van der Waals surface area (Å²) in [6.07, 6.45) is 5.75. The second-order valence-corrected chi connectivity index (χ2v) is 5.96. The van der Waals surface area contributed by atoms with E-state index < -0.39 is 0 Å². The van der Waals surface area contributed by atoms with Crippen molar-refractivity contribution < 1.29 is 9.53 Å². The third kappa shape index (κ3) is 5.55. The molecular weight excluding hydrogens is 284 g/mol. The number of carbonyl (C=O) groups excluding carboxylic acids is 1. The lowest BCUT2D eigenvalue weighted by Gasteiger charge is -2.11. The van der Waals surface area contributed by atoms with E-state index >= 15 is 0 Å². The van der Waals surface area contributed by atoms with Gasteiger partial charge in [-0.2, -0.15) is 0 Å². The van der Waals surface area contributed by atoms with Crippen LogP contribution in [0.2, 0.25) is 0 Å². The molecule has 0 aromatic heterocycles. The summed E-state index contributed by atoms with van der Waals surface area (Å²) in [6.45, 7) is 4.39. The molecule has 2 rings (SSSR count). The van der Waals surface area contributed by atoms with E-state index in [1.165, 1.54) is 19.3 Å². The molecule has 23 heavy (non-hydrogen) atoms. The van der Waals surface area contributed by atoms with Crippen molar-refractivity contribution in [2.45, 2.75) is 52.6 Å². The maximum Gasteiger partial charge on any atom is 0.160 e. The molecule has 0 fully saturated rings. The van der Waals surface area contributed by atoms with Crippen molar-refractivity contribution in [1.82, 2.24) is 0 Å². The molecule has 0 N–H and O–H groups in total. The number of carbonyl (C=O) groups is 1. The van der Waals surface area contributed by atoms with Gasteiger partial charge in [0.2, 0.25) is 0 Å². The molecule has 2 nitrogen and oxygen atoms in total. The fourth-order valence-electron chi connectivity index (χ4n) is 2.69. The first-order valence-electron chi connectivity index (χ1n) is 8.51. The Balaban J connectivity index is 2.04. The number of Topliss-reactive ketones (excluding diaryl/α,β-unsaturated/α-hetero) is 1. The van der Waals surface area contributed by atoms with Gasteiger partial charge in [0, 0.05) is 5.56 Å². The minimum atomic E-state index is 0.130. The molecular formula is C21H26O2. The SMILES string of the molecule is CCCCCCc1cc(OCc2ccccc2)ccc1C(C)=O.